The van der Waals surface area contributed by atoms with Crippen molar-refractivity contribution in [1.29, 1.82) is 0 Å². The van der Waals surface area contributed by atoms with Gasteiger partial charge in [-0.15, -0.1) is 0 Å². The third-order valence-electron chi connectivity index (χ3n) is 3.39. The smallest absolute Gasteiger partial charge is 0.223 e. The lowest BCUT2D eigenvalue weighted by Crippen LogP contribution is -2.31. The zero-order chi connectivity index (χ0) is 13.1. The van der Waals surface area contributed by atoms with E-state index < -0.39 is 0 Å². The van der Waals surface area contributed by atoms with Gasteiger partial charge >= 0.3 is 0 Å². The second-order valence-corrected chi connectivity index (χ2v) is 5.40. The number of hydrogen-bond donors (Lipinski definition) is 0. The predicted molar refractivity (Wildman–Crippen MR) is 69.5 cm³/mol. The van der Waals surface area contributed by atoms with E-state index in [0.717, 1.165) is 24.9 Å². The highest BCUT2D eigenvalue weighted by Gasteiger charge is 2.29. The molecule has 0 bridgehead atoms. The van der Waals surface area contributed by atoms with Crippen LogP contribution in [-0.2, 0) is 4.79 Å². The summed E-state index contributed by atoms with van der Waals surface area (Å²) >= 11 is 0. The van der Waals surface area contributed by atoms with E-state index in [9.17, 15) is 9.18 Å². The Kier molecular flexibility index (Phi) is 4.00. The number of carbonyl (C=O) groups excluding carboxylic acids is 1. The molecule has 0 spiro atoms. The van der Waals surface area contributed by atoms with Crippen LogP contribution in [0.1, 0.15) is 44.7 Å². The second kappa shape index (κ2) is 5.51. The van der Waals surface area contributed by atoms with E-state index in [1.165, 1.54) is 6.07 Å². The van der Waals surface area contributed by atoms with E-state index in [4.69, 9.17) is 0 Å². The zero-order valence-corrected chi connectivity index (χ0v) is 11.0. The molecule has 1 aliphatic rings. The van der Waals surface area contributed by atoms with Gasteiger partial charge in [0.25, 0.3) is 0 Å². The third kappa shape index (κ3) is 2.89. The molecular formula is C15H20FNO. The minimum absolute atomic E-state index is 0.0620. The molecule has 3 heteroatoms. The van der Waals surface area contributed by atoms with E-state index >= 15 is 0 Å². The first-order valence-corrected chi connectivity index (χ1v) is 6.63. The molecule has 0 aromatic heterocycles. The molecule has 2 nitrogen and oxygen atoms in total. The second-order valence-electron chi connectivity index (χ2n) is 5.40. The Hall–Kier alpha value is -1.38. The van der Waals surface area contributed by atoms with Crippen LogP contribution in [0, 0.1) is 11.7 Å². The molecule has 1 amide bonds. The van der Waals surface area contributed by atoms with Crippen LogP contribution in [-0.4, -0.2) is 17.4 Å². The Morgan fingerprint density at radius 1 is 1.50 bits per heavy atom. The number of amides is 1. The van der Waals surface area contributed by atoms with E-state index in [2.05, 4.69) is 0 Å². The highest BCUT2D eigenvalue weighted by atomic mass is 19.1. The largest absolute Gasteiger partial charge is 0.336 e. The van der Waals surface area contributed by atoms with Crippen LogP contribution in [0.25, 0.3) is 0 Å². The summed E-state index contributed by atoms with van der Waals surface area (Å²) in [5, 5.41) is 0. The summed E-state index contributed by atoms with van der Waals surface area (Å²) in [7, 11) is 0. The van der Waals surface area contributed by atoms with E-state index in [0.29, 0.717) is 12.3 Å². The minimum atomic E-state index is -0.226. The summed E-state index contributed by atoms with van der Waals surface area (Å²) in [5.41, 5.74) is 0.921. The van der Waals surface area contributed by atoms with Crippen molar-refractivity contribution in [1.82, 2.24) is 4.90 Å². The number of carbonyl (C=O) groups is 1. The summed E-state index contributed by atoms with van der Waals surface area (Å²) in [6, 6.07) is 6.68. The normalized spacial score (nSPS) is 19.6. The SMILES string of the molecule is CC(C)CC(=O)N1CCCC1c1cccc(F)c1. The van der Waals surface area contributed by atoms with Gasteiger partial charge in [-0.3, -0.25) is 4.79 Å². The summed E-state index contributed by atoms with van der Waals surface area (Å²) in [4.78, 5) is 14.1. The maximum Gasteiger partial charge on any atom is 0.223 e. The van der Waals surface area contributed by atoms with Crippen molar-refractivity contribution in [3.8, 4) is 0 Å². The maximum absolute atomic E-state index is 13.3. The molecule has 1 fully saturated rings. The number of rotatable bonds is 3. The molecule has 0 radical (unpaired) electrons. The number of likely N-dealkylation sites (tertiary alicyclic amines) is 1. The van der Waals surface area contributed by atoms with Crippen LogP contribution in [0.5, 0.6) is 0 Å². The van der Waals surface area contributed by atoms with Crippen molar-refractivity contribution >= 4 is 5.91 Å². The lowest BCUT2D eigenvalue weighted by molar-refractivity contribution is -0.132. The minimum Gasteiger partial charge on any atom is -0.336 e. The molecule has 0 aliphatic carbocycles. The van der Waals surface area contributed by atoms with Gasteiger partial charge < -0.3 is 4.90 Å². The van der Waals surface area contributed by atoms with Gasteiger partial charge in [-0.1, -0.05) is 26.0 Å². The fourth-order valence-corrected chi connectivity index (χ4v) is 2.59. The monoisotopic (exact) mass is 249 g/mol. The molecule has 98 valence electrons. The molecule has 1 heterocycles. The Labute approximate surface area is 108 Å². The van der Waals surface area contributed by atoms with Crippen LogP contribution < -0.4 is 0 Å². The molecule has 18 heavy (non-hydrogen) atoms. The van der Waals surface area contributed by atoms with Gasteiger partial charge in [-0.05, 0) is 36.5 Å². The summed E-state index contributed by atoms with van der Waals surface area (Å²) in [6.07, 6.45) is 2.52. The van der Waals surface area contributed by atoms with Crippen LogP contribution in [0.3, 0.4) is 0 Å². The molecule has 1 aliphatic heterocycles. The third-order valence-corrected chi connectivity index (χ3v) is 3.39. The van der Waals surface area contributed by atoms with Gasteiger partial charge in [0, 0.05) is 13.0 Å². The van der Waals surface area contributed by atoms with Crippen molar-refractivity contribution < 1.29 is 9.18 Å². The number of halogens is 1. The van der Waals surface area contributed by atoms with E-state index in [1.807, 2.05) is 24.8 Å². The van der Waals surface area contributed by atoms with Gasteiger partial charge in [0.2, 0.25) is 5.91 Å². The molecule has 0 saturated carbocycles. The first-order chi connectivity index (χ1) is 8.58. The van der Waals surface area contributed by atoms with Gasteiger partial charge in [-0.2, -0.15) is 0 Å². The lowest BCUT2D eigenvalue weighted by atomic mass is 10.0. The topological polar surface area (TPSA) is 20.3 Å². The Morgan fingerprint density at radius 2 is 2.28 bits per heavy atom. The van der Waals surface area contributed by atoms with Crippen molar-refractivity contribution in [2.75, 3.05) is 6.54 Å². The van der Waals surface area contributed by atoms with Gasteiger partial charge in [-0.25, -0.2) is 4.39 Å². The molecule has 0 N–H and O–H groups in total. The number of hydrogen-bond acceptors (Lipinski definition) is 1. The highest BCUT2D eigenvalue weighted by molar-refractivity contribution is 5.77. The lowest BCUT2D eigenvalue weighted by Gasteiger charge is -2.26. The summed E-state index contributed by atoms with van der Waals surface area (Å²) < 4.78 is 13.3. The van der Waals surface area contributed by atoms with E-state index in [-0.39, 0.29) is 17.8 Å². The Balaban J connectivity index is 2.14. The molecule has 1 saturated heterocycles. The molecule has 2 rings (SSSR count). The fourth-order valence-electron chi connectivity index (χ4n) is 2.59. The summed E-state index contributed by atoms with van der Waals surface area (Å²) in [6.45, 7) is 4.89. The van der Waals surface area contributed by atoms with Crippen LogP contribution in [0.2, 0.25) is 0 Å². The Morgan fingerprint density at radius 3 is 2.94 bits per heavy atom. The van der Waals surface area contributed by atoms with Crippen molar-refractivity contribution in [3.63, 3.8) is 0 Å². The van der Waals surface area contributed by atoms with Crippen LogP contribution in [0.15, 0.2) is 24.3 Å². The highest BCUT2D eigenvalue weighted by Crippen LogP contribution is 2.32. The zero-order valence-electron chi connectivity index (χ0n) is 11.0. The average molecular weight is 249 g/mol. The fraction of sp³-hybridized carbons (Fsp3) is 0.533. The van der Waals surface area contributed by atoms with Crippen molar-refractivity contribution in [3.05, 3.63) is 35.6 Å². The standard InChI is InChI=1S/C15H20FNO/c1-11(2)9-15(18)17-8-4-7-14(17)12-5-3-6-13(16)10-12/h3,5-6,10-11,14H,4,7-9H2,1-2H3. The van der Waals surface area contributed by atoms with Crippen LogP contribution in [0.4, 0.5) is 4.39 Å². The molecule has 1 unspecified atom stereocenters. The first-order valence-electron chi connectivity index (χ1n) is 6.63. The quantitative estimate of drug-likeness (QED) is 0.802. The van der Waals surface area contributed by atoms with Crippen molar-refractivity contribution in [2.45, 2.75) is 39.2 Å². The van der Waals surface area contributed by atoms with E-state index in [1.54, 1.807) is 12.1 Å². The van der Waals surface area contributed by atoms with Gasteiger partial charge in [0.15, 0.2) is 0 Å². The molecule has 1 aromatic carbocycles. The predicted octanol–water partition coefficient (Wildman–Crippen LogP) is 3.54. The van der Waals surface area contributed by atoms with Gasteiger partial charge in [0.1, 0.15) is 5.82 Å². The summed E-state index contributed by atoms with van der Waals surface area (Å²) in [5.74, 6) is 0.332. The van der Waals surface area contributed by atoms with Crippen LogP contribution >= 0.6 is 0 Å². The molecular weight excluding hydrogens is 229 g/mol. The average Bonchev–Trinajstić information content (AvgIpc) is 2.76. The van der Waals surface area contributed by atoms with Gasteiger partial charge in [0.05, 0.1) is 6.04 Å². The Bertz CT molecular complexity index is 430. The molecule has 1 aromatic rings. The molecule has 1 atom stereocenters. The number of nitrogens with zero attached hydrogens (tertiary/aromatic N) is 1. The number of benzene rings is 1. The van der Waals surface area contributed by atoms with Crippen molar-refractivity contribution in [2.24, 2.45) is 5.92 Å². The first kappa shape index (κ1) is 13.1. The maximum atomic E-state index is 13.3.